The fourth-order valence-electron chi connectivity index (χ4n) is 2.25. The lowest BCUT2D eigenvalue weighted by molar-refractivity contribution is -0.385. The van der Waals surface area contributed by atoms with Gasteiger partial charge in [0, 0.05) is 6.07 Å². The Morgan fingerprint density at radius 1 is 1.11 bits per heavy atom. The van der Waals surface area contributed by atoms with Gasteiger partial charge in [0.15, 0.2) is 0 Å². The molecule has 1 heterocycles. The van der Waals surface area contributed by atoms with Crippen molar-refractivity contribution in [1.82, 2.24) is 5.32 Å². The monoisotopic (exact) mass is 410 g/mol. The maximum Gasteiger partial charge on any atom is 0.416 e. The summed E-state index contributed by atoms with van der Waals surface area (Å²) in [6.07, 6.45) is -3.25. The van der Waals surface area contributed by atoms with Crippen molar-refractivity contribution in [3.63, 3.8) is 0 Å². The van der Waals surface area contributed by atoms with Crippen molar-refractivity contribution in [2.24, 2.45) is 0 Å². The summed E-state index contributed by atoms with van der Waals surface area (Å²) in [4.78, 5) is 33.0. The second kappa shape index (κ2) is 7.35. The molecule has 0 aliphatic carbocycles. The number of imide groups is 1. The number of hydrogen-bond donors (Lipinski definition) is 1. The molecule has 0 spiro atoms. The van der Waals surface area contributed by atoms with E-state index < -0.39 is 33.5 Å². The van der Waals surface area contributed by atoms with E-state index in [1.807, 2.05) is 0 Å². The van der Waals surface area contributed by atoms with Crippen LogP contribution >= 0.6 is 11.8 Å². The van der Waals surface area contributed by atoms with Gasteiger partial charge in [0.25, 0.3) is 11.1 Å². The predicted molar refractivity (Wildman–Crippen MR) is 93.7 cm³/mol. The van der Waals surface area contributed by atoms with Gasteiger partial charge in [-0.05, 0) is 47.7 Å². The van der Waals surface area contributed by atoms with Crippen molar-refractivity contribution in [3.8, 4) is 11.5 Å². The van der Waals surface area contributed by atoms with Crippen molar-refractivity contribution < 1.29 is 32.4 Å². The average Bonchev–Trinajstić information content (AvgIpc) is 2.93. The number of carbonyl (C=O) groups is 2. The summed E-state index contributed by atoms with van der Waals surface area (Å²) >= 11 is 0.747. The number of ether oxygens (including phenoxy) is 1. The molecule has 11 heteroatoms. The lowest BCUT2D eigenvalue weighted by Crippen LogP contribution is -2.17. The molecule has 0 saturated carbocycles. The third-order valence-corrected chi connectivity index (χ3v) is 4.34. The van der Waals surface area contributed by atoms with Crippen LogP contribution < -0.4 is 10.1 Å². The van der Waals surface area contributed by atoms with Crippen LogP contribution in [0.25, 0.3) is 6.08 Å². The molecule has 2 amide bonds. The van der Waals surface area contributed by atoms with Crippen LogP contribution in [-0.4, -0.2) is 16.1 Å². The minimum atomic E-state index is -4.72. The first-order valence-corrected chi connectivity index (χ1v) is 8.33. The molecule has 28 heavy (non-hydrogen) atoms. The summed E-state index contributed by atoms with van der Waals surface area (Å²) in [5, 5.41) is 12.7. The van der Waals surface area contributed by atoms with E-state index in [4.69, 9.17) is 4.74 Å². The molecule has 1 N–H and O–H groups in total. The largest absolute Gasteiger partial charge is 0.450 e. The molecule has 3 rings (SSSR count). The standard InChI is InChI=1S/C17H9F3N2O5S/c18-17(19,20)10-3-6-13(12(8-10)22(25)26)27-11-4-1-9(2-5-11)7-14-15(23)21-16(24)28-14/h1-8H,(H,21,23,24). The van der Waals surface area contributed by atoms with E-state index in [9.17, 15) is 32.9 Å². The van der Waals surface area contributed by atoms with E-state index >= 15 is 0 Å². The zero-order chi connectivity index (χ0) is 20.5. The quantitative estimate of drug-likeness (QED) is 0.445. The molecular weight excluding hydrogens is 401 g/mol. The van der Waals surface area contributed by atoms with Crippen LogP contribution in [0.3, 0.4) is 0 Å². The van der Waals surface area contributed by atoms with Crippen LogP contribution in [-0.2, 0) is 11.0 Å². The van der Waals surface area contributed by atoms with Gasteiger partial charge in [-0.1, -0.05) is 12.1 Å². The first-order valence-electron chi connectivity index (χ1n) is 7.52. The van der Waals surface area contributed by atoms with Gasteiger partial charge < -0.3 is 4.74 Å². The molecule has 0 unspecified atom stereocenters. The topological polar surface area (TPSA) is 98.5 Å². The number of nitro groups is 1. The predicted octanol–water partition coefficient (Wildman–Crippen LogP) is 4.73. The van der Waals surface area contributed by atoms with Gasteiger partial charge in [0.2, 0.25) is 5.75 Å². The Morgan fingerprint density at radius 2 is 1.79 bits per heavy atom. The van der Waals surface area contributed by atoms with Crippen molar-refractivity contribution >= 4 is 34.7 Å². The Hall–Kier alpha value is -3.34. The highest BCUT2D eigenvalue weighted by molar-refractivity contribution is 8.18. The van der Waals surface area contributed by atoms with Crippen LogP contribution in [0.1, 0.15) is 11.1 Å². The van der Waals surface area contributed by atoms with Gasteiger partial charge in [-0.25, -0.2) is 0 Å². The first kappa shape index (κ1) is 19.4. The Kier molecular flexibility index (Phi) is 5.10. The fourth-order valence-corrected chi connectivity index (χ4v) is 2.94. The average molecular weight is 410 g/mol. The van der Waals surface area contributed by atoms with Crippen molar-refractivity contribution in [3.05, 3.63) is 68.6 Å². The molecule has 144 valence electrons. The summed E-state index contributed by atoms with van der Waals surface area (Å²) in [5.74, 6) is -0.722. The van der Waals surface area contributed by atoms with Gasteiger partial charge in [0.05, 0.1) is 15.4 Å². The van der Waals surface area contributed by atoms with Gasteiger partial charge in [-0.3, -0.25) is 25.0 Å². The Balaban J connectivity index is 1.83. The Bertz CT molecular complexity index is 1000. The lowest BCUT2D eigenvalue weighted by Gasteiger charge is -2.10. The molecule has 1 aliphatic heterocycles. The van der Waals surface area contributed by atoms with Gasteiger partial charge in [-0.15, -0.1) is 0 Å². The molecule has 1 aliphatic rings. The fraction of sp³-hybridized carbons (Fsp3) is 0.0588. The van der Waals surface area contributed by atoms with E-state index in [2.05, 4.69) is 5.32 Å². The Labute approximate surface area is 159 Å². The highest BCUT2D eigenvalue weighted by Gasteiger charge is 2.33. The van der Waals surface area contributed by atoms with Crippen LogP contribution in [0.4, 0.5) is 23.7 Å². The third kappa shape index (κ3) is 4.31. The number of nitro benzene ring substituents is 1. The van der Waals surface area contributed by atoms with Gasteiger partial charge >= 0.3 is 11.9 Å². The minimum Gasteiger partial charge on any atom is -0.450 e. The molecular formula is C17H9F3N2O5S. The number of nitrogens with one attached hydrogen (secondary N) is 1. The number of benzene rings is 2. The molecule has 0 bridgehead atoms. The number of amides is 2. The molecule has 1 saturated heterocycles. The maximum atomic E-state index is 12.7. The molecule has 2 aromatic carbocycles. The number of hydrogen-bond acceptors (Lipinski definition) is 6. The van der Waals surface area contributed by atoms with Crippen LogP contribution in [0, 0.1) is 10.1 Å². The Morgan fingerprint density at radius 3 is 2.32 bits per heavy atom. The van der Waals surface area contributed by atoms with Gasteiger partial charge in [-0.2, -0.15) is 13.2 Å². The highest BCUT2D eigenvalue weighted by atomic mass is 32.2. The van der Waals surface area contributed by atoms with Crippen molar-refractivity contribution in [2.45, 2.75) is 6.18 Å². The van der Waals surface area contributed by atoms with Crippen LogP contribution in [0.5, 0.6) is 11.5 Å². The van der Waals surface area contributed by atoms with Crippen molar-refractivity contribution in [1.29, 1.82) is 0 Å². The molecule has 0 atom stereocenters. The van der Waals surface area contributed by atoms with E-state index in [1.165, 1.54) is 30.3 Å². The van der Waals surface area contributed by atoms with Crippen LogP contribution in [0.2, 0.25) is 0 Å². The van der Waals surface area contributed by atoms with E-state index in [-0.39, 0.29) is 16.4 Å². The number of halogens is 3. The third-order valence-electron chi connectivity index (χ3n) is 3.53. The summed E-state index contributed by atoms with van der Waals surface area (Å²) in [5.41, 5.74) is -1.42. The maximum absolute atomic E-state index is 12.7. The first-order chi connectivity index (χ1) is 13.1. The molecule has 2 aromatic rings. The van der Waals surface area contributed by atoms with E-state index in [0.717, 1.165) is 17.8 Å². The highest BCUT2D eigenvalue weighted by Crippen LogP contribution is 2.38. The summed E-state index contributed by atoms with van der Waals surface area (Å²) < 4.78 is 43.5. The second-order valence-corrected chi connectivity index (χ2v) is 6.48. The normalized spacial score (nSPS) is 15.6. The van der Waals surface area contributed by atoms with Crippen LogP contribution in [0.15, 0.2) is 47.4 Å². The summed E-state index contributed by atoms with van der Waals surface area (Å²) in [7, 11) is 0. The molecule has 7 nitrogen and oxygen atoms in total. The minimum absolute atomic E-state index is 0.143. The van der Waals surface area contributed by atoms with Gasteiger partial charge in [0.1, 0.15) is 5.75 Å². The second-order valence-electron chi connectivity index (χ2n) is 5.46. The molecule has 0 radical (unpaired) electrons. The van der Waals surface area contributed by atoms with E-state index in [0.29, 0.717) is 17.7 Å². The summed E-state index contributed by atoms with van der Waals surface area (Å²) in [6.45, 7) is 0. The molecule has 0 aromatic heterocycles. The smallest absolute Gasteiger partial charge is 0.416 e. The van der Waals surface area contributed by atoms with E-state index in [1.54, 1.807) is 0 Å². The number of thioether (sulfide) groups is 1. The number of alkyl halides is 3. The molecule has 1 fully saturated rings. The SMILES string of the molecule is O=C1NC(=O)C(=Cc2ccc(Oc3ccc(C(F)(F)F)cc3[N+](=O)[O-])cc2)S1. The lowest BCUT2D eigenvalue weighted by atomic mass is 10.1. The van der Waals surface area contributed by atoms with Crippen molar-refractivity contribution in [2.75, 3.05) is 0 Å². The summed E-state index contributed by atoms with van der Waals surface area (Å²) in [6, 6.07) is 7.86. The number of rotatable bonds is 4. The zero-order valence-electron chi connectivity index (χ0n) is 13.6. The number of nitrogens with zero attached hydrogens (tertiary/aromatic N) is 1. The number of carbonyl (C=O) groups excluding carboxylic acids is 2. The zero-order valence-corrected chi connectivity index (χ0v) is 14.5.